The first-order chi connectivity index (χ1) is 5.38. The summed E-state index contributed by atoms with van der Waals surface area (Å²) in [5, 5.41) is 7.26. The lowest BCUT2D eigenvalue weighted by Crippen LogP contribution is -2.16. The maximum Gasteiger partial charge on any atom is 0.141 e. The molecule has 0 unspecified atom stereocenters. The molecule has 1 aliphatic heterocycles. The fourth-order valence-corrected chi connectivity index (χ4v) is 1.49. The van der Waals surface area contributed by atoms with Gasteiger partial charge in [0.2, 0.25) is 0 Å². The third-order valence-electron chi connectivity index (χ3n) is 2.15. The Morgan fingerprint density at radius 1 is 1.36 bits per heavy atom. The van der Waals surface area contributed by atoms with Crippen LogP contribution in [0.4, 0.5) is 0 Å². The Morgan fingerprint density at radius 2 is 2.18 bits per heavy atom. The second-order valence-corrected chi connectivity index (χ2v) is 2.92. The second kappa shape index (κ2) is 2.66. The molecule has 0 atom stereocenters. The molecule has 0 bridgehead atoms. The van der Waals surface area contributed by atoms with Crippen molar-refractivity contribution in [2.45, 2.75) is 19.8 Å². The molecular formula is C8H12N2O. The summed E-state index contributed by atoms with van der Waals surface area (Å²) in [6.07, 6.45) is 2.04. The smallest absolute Gasteiger partial charge is 0.141 e. The van der Waals surface area contributed by atoms with Gasteiger partial charge in [-0.1, -0.05) is 5.16 Å². The second-order valence-electron chi connectivity index (χ2n) is 2.92. The van der Waals surface area contributed by atoms with Crippen molar-refractivity contribution in [2.24, 2.45) is 0 Å². The number of nitrogens with one attached hydrogen (secondary N) is 1. The standard InChI is InChI=1S/C8H12N2O/c1-6-7-2-4-9-5-3-8(7)11-10-6/h9H,2-5H2,1H3. The molecule has 0 fully saturated rings. The highest BCUT2D eigenvalue weighted by molar-refractivity contribution is 5.23. The quantitative estimate of drug-likeness (QED) is 0.593. The van der Waals surface area contributed by atoms with E-state index in [2.05, 4.69) is 10.5 Å². The topological polar surface area (TPSA) is 38.1 Å². The molecule has 0 aromatic carbocycles. The van der Waals surface area contributed by atoms with Gasteiger partial charge in [-0.25, -0.2) is 0 Å². The van der Waals surface area contributed by atoms with E-state index < -0.39 is 0 Å². The number of hydrogen-bond donors (Lipinski definition) is 1. The summed E-state index contributed by atoms with van der Waals surface area (Å²) in [5.74, 6) is 1.08. The van der Waals surface area contributed by atoms with Gasteiger partial charge in [0.15, 0.2) is 0 Å². The van der Waals surface area contributed by atoms with Crippen LogP contribution in [0.1, 0.15) is 17.0 Å². The van der Waals surface area contributed by atoms with Crippen molar-refractivity contribution in [3.63, 3.8) is 0 Å². The first kappa shape index (κ1) is 6.85. The largest absolute Gasteiger partial charge is 0.361 e. The molecule has 0 spiro atoms. The van der Waals surface area contributed by atoms with E-state index in [0.29, 0.717) is 0 Å². The average molecular weight is 152 g/mol. The number of fused-ring (bicyclic) bond motifs is 1. The zero-order valence-corrected chi connectivity index (χ0v) is 6.68. The molecule has 0 saturated carbocycles. The molecule has 3 nitrogen and oxygen atoms in total. The van der Waals surface area contributed by atoms with E-state index in [4.69, 9.17) is 4.52 Å². The molecule has 0 aliphatic carbocycles. The molecule has 60 valence electrons. The summed E-state index contributed by atoms with van der Waals surface area (Å²) in [5.41, 5.74) is 2.37. The predicted molar refractivity (Wildman–Crippen MR) is 41.5 cm³/mol. The highest BCUT2D eigenvalue weighted by Crippen LogP contribution is 2.15. The van der Waals surface area contributed by atoms with Gasteiger partial charge in [-0.05, 0) is 19.9 Å². The molecule has 2 rings (SSSR count). The van der Waals surface area contributed by atoms with E-state index in [-0.39, 0.29) is 0 Å². The summed E-state index contributed by atoms with van der Waals surface area (Å²) < 4.78 is 5.18. The minimum absolute atomic E-state index is 0.982. The van der Waals surface area contributed by atoms with Crippen molar-refractivity contribution in [1.82, 2.24) is 10.5 Å². The fraction of sp³-hybridized carbons (Fsp3) is 0.625. The highest BCUT2D eigenvalue weighted by Gasteiger charge is 2.14. The molecule has 1 aliphatic rings. The van der Waals surface area contributed by atoms with Crippen LogP contribution in [0.3, 0.4) is 0 Å². The van der Waals surface area contributed by atoms with Crippen molar-refractivity contribution in [2.75, 3.05) is 13.1 Å². The van der Waals surface area contributed by atoms with Crippen LogP contribution in [-0.4, -0.2) is 18.2 Å². The van der Waals surface area contributed by atoms with Gasteiger partial charge < -0.3 is 9.84 Å². The molecule has 0 saturated heterocycles. The minimum atomic E-state index is 0.982. The van der Waals surface area contributed by atoms with Gasteiger partial charge >= 0.3 is 0 Å². The Hall–Kier alpha value is -0.830. The normalized spacial score (nSPS) is 17.5. The van der Waals surface area contributed by atoms with Crippen molar-refractivity contribution >= 4 is 0 Å². The first-order valence-corrected chi connectivity index (χ1v) is 4.02. The van der Waals surface area contributed by atoms with Gasteiger partial charge in [-0.2, -0.15) is 0 Å². The number of rotatable bonds is 0. The van der Waals surface area contributed by atoms with Gasteiger partial charge in [0.25, 0.3) is 0 Å². The summed E-state index contributed by atoms with van der Waals surface area (Å²) in [7, 11) is 0. The lowest BCUT2D eigenvalue weighted by molar-refractivity contribution is 0.379. The van der Waals surface area contributed by atoms with Gasteiger partial charge in [0.1, 0.15) is 5.76 Å². The molecule has 0 amide bonds. The monoisotopic (exact) mass is 152 g/mol. The fourth-order valence-electron chi connectivity index (χ4n) is 1.49. The van der Waals surface area contributed by atoms with Gasteiger partial charge in [-0.3, -0.25) is 0 Å². The molecule has 1 aromatic heterocycles. The highest BCUT2D eigenvalue weighted by atomic mass is 16.5. The molecule has 1 aromatic rings. The van der Waals surface area contributed by atoms with E-state index in [1.807, 2.05) is 6.92 Å². The Labute approximate surface area is 65.8 Å². The molecule has 0 radical (unpaired) electrons. The molecule has 11 heavy (non-hydrogen) atoms. The Morgan fingerprint density at radius 3 is 3.09 bits per heavy atom. The Bertz CT molecular complexity index is 255. The van der Waals surface area contributed by atoms with Crippen LogP contribution >= 0.6 is 0 Å². The number of aryl methyl sites for hydroxylation is 1. The maximum atomic E-state index is 5.18. The zero-order chi connectivity index (χ0) is 7.68. The number of aromatic nitrogens is 1. The Balaban J connectivity index is 2.35. The van der Waals surface area contributed by atoms with Gasteiger partial charge in [0, 0.05) is 18.5 Å². The third-order valence-corrected chi connectivity index (χ3v) is 2.15. The summed E-state index contributed by atoms with van der Waals surface area (Å²) in [6.45, 7) is 4.07. The van der Waals surface area contributed by atoms with Crippen LogP contribution in [0.2, 0.25) is 0 Å². The zero-order valence-electron chi connectivity index (χ0n) is 6.68. The average Bonchev–Trinajstić information content (AvgIpc) is 2.25. The summed E-state index contributed by atoms with van der Waals surface area (Å²) in [6, 6.07) is 0. The van der Waals surface area contributed by atoms with E-state index in [0.717, 1.165) is 37.4 Å². The molecule has 3 heteroatoms. The molecule has 2 heterocycles. The third kappa shape index (κ3) is 1.16. The van der Waals surface area contributed by atoms with Crippen molar-refractivity contribution in [3.05, 3.63) is 17.0 Å². The number of nitrogens with zero attached hydrogens (tertiary/aromatic N) is 1. The van der Waals surface area contributed by atoms with Crippen molar-refractivity contribution in [1.29, 1.82) is 0 Å². The Kier molecular flexibility index (Phi) is 1.66. The number of hydrogen-bond acceptors (Lipinski definition) is 3. The molecular weight excluding hydrogens is 140 g/mol. The van der Waals surface area contributed by atoms with Crippen molar-refractivity contribution in [3.8, 4) is 0 Å². The lowest BCUT2D eigenvalue weighted by atomic mass is 10.1. The van der Waals surface area contributed by atoms with Crippen LogP contribution in [0.5, 0.6) is 0 Å². The van der Waals surface area contributed by atoms with E-state index in [9.17, 15) is 0 Å². The minimum Gasteiger partial charge on any atom is -0.361 e. The first-order valence-electron chi connectivity index (χ1n) is 4.02. The van der Waals surface area contributed by atoms with E-state index in [1.165, 1.54) is 5.56 Å². The van der Waals surface area contributed by atoms with E-state index in [1.54, 1.807) is 0 Å². The van der Waals surface area contributed by atoms with Crippen LogP contribution in [0.15, 0.2) is 4.52 Å². The van der Waals surface area contributed by atoms with E-state index >= 15 is 0 Å². The van der Waals surface area contributed by atoms with Crippen LogP contribution < -0.4 is 5.32 Å². The van der Waals surface area contributed by atoms with Crippen LogP contribution in [-0.2, 0) is 12.8 Å². The lowest BCUT2D eigenvalue weighted by Gasteiger charge is -1.94. The van der Waals surface area contributed by atoms with Crippen LogP contribution in [0, 0.1) is 6.92 Å². The SMILES string of the molecule is Cc1noc2c1CCNCC2. The summed E-state index contributed by atoms with van der Waals surface area (Å²) >= 11 is 0. The maximum absolute atomic E-state index is 5.18. The van der Waals surface area contributed by atoms with Gasteiger partial charge in [0.05, 0.1) is 5.69 Å². The predicted octanol–water partition coefficient (Wildman–Crippen LogP) is 0.671. The van der Waals surface area contributed by atoms with Crippen LogP contribution in [0.25, 0.3) is 0 Å². The van der Waals surface area contributed by atoms with Gasteiger partial charge in [-0.15, -0.1) is 0 Å². The van der Waals surface area contributed by atoms with Crippen molar-refractivity contribution < 1.29 is 4.52 Å². The molecule has 1 N–H and O–H groups in total. The summed E-state index contributed by atoms with van der Waals surface area (Å²) in [4.78, 5) is 0.